The van der Waals surface area contributed by atoms with Gasteiger partial charge in [-0.15, -0.1) is 0 Å². The quantitative estimate of drug-likeness (QED) is 0.808. The largest absolute Gasteiger partial charge is 0.323 e. The van der Waals surface area contributed by atoms with E-state index >= 15 is 0 Å². The molecular weight excluding hydrogens is 258 g/mol. The van der Waals surface area contributed by atoms with E-state index < -0.39 is 17.7 Å². The maximum absolute atomic E-state index is 14.0. The van der Waals surface area contributed by atoms with Gasteiger partial charge in [0.2, 0.25) is 0 Å². The van der Waals surface area contributed by atoms with E-state index in [4.69, 9.17) is 5.73 Å². The minimum absolute atomic E-state index is 0.274. The first-order valence-corrected chi connectivity index (χ1v) is 6.56. The second-order valence-corrected chi connectivity index (χ2v) is 4.93. The van der Waals surface area contributed by atoms with E-state index in [2.05, 4.69) is 11.4 Å². The number of hydrogen-bond acceptors (Lipinski definition) is 2. The highest BCUT2D eigenvalue weighted by Gasteiger charge is 2.29. The lowest BCUT2D eigenvalue weighted by atomic mass is 9.86. The molecular formula is C16H14F2N2. The van der Waals surface area contributed by atoms with Crippen LogP contribution < -0.4 is 5.73 Å². The predicted octanol–water partition coefficient (Wildman–Crippen LogP) is 3.37. The Hall–Kier alpha value is -1.81. The summed E-state index contributed by atoms with van der Waals surface area (Å²) in [6.45, 7) is 0. The van der Waals surface area contributed by atoms with Crippen molar-refractivity contribution in [1.82, 2.24) is 4.98 Å². The van der Waals surface area contributed by atoms with Gasteiger partial charge >= 0.3 is 0 Å². The molecule has 1 aromatic carbocycles. The average molecular weight is 272 g/mol. The number of nitrogens with zero attached hydrogens (tertiary/aromatic N) is 1. The number of nitrogens with two attached hydrogens (primary N) is 1. The molecule has 20 heavy (non-hydrogen) atoms. The molecule has 2 nitrogen and oxygen atoms in total. The van der Waals surface area contributed by atoms with Crippen LogP contribution in [0.5, 0.6) is 0 Å². The van der Waals surface area contributed by atoms with Crippen molar-refractivity contribution in [2.24, 2.45) is 5.73 Å². The van der Waals surface area contributed by atoms with Crippen molar-refractivity contribution in [2.75, 3.05) is 0 Å². The molecule has 1 aliphatic rings. The summed E-state index contributed by atoms with van der Waals surface area (Å²) in [5.41, 5.74) is 8.16. The topological polar surface area (TPSA) is 38.9 Å². The average Bonchev–Trinajstić information content (AvgIpc) is 2.62. The zero-order chi connectivity index (χ0) is 14.1. The van der Waals surface area contributed by atoms with Gasteiger partial charge in [0.25, 0.3) is 0 Å². The molecule has 3 rings (SSSR count). The second-order valence-electron chi connectivity index (χ2n) is 4.93. The summed E-state index contributed by atoms with van der Waals surface area (Å²) in [4.78, 5) is 4.24. The zero-order valence-corrected chi connectivity index (χ0v) is 10.8. The Kier molecular flexibility index (Phi) is 3.49. The van der Waals surface area contributed by atoms with Gasteiger partial charge in [0.05, 0.1) is 5.69 Å². The fraction of sp³-hybridized carbons (Fsp3) is 0.250. The van der Waals surface area contributed by atoms with Crippen LogP contribution in [0.25, 0.3) is 0 Å². The van der Waals surface area contributed by atoms with Crippen molar-refractivity contribution in [3.8, 4) is 0 Å². The Labute approximate surface area is 116 Å². The SMILES string of the molecule is N[C@@H]1c2cccnc2[C]CC[C@H]1c1cccc(F)c1F. The van der Waals surface area contributed by atoms with Crippen LogP contribution in [0.4, 0.5) is 8.78 Å². The van der Waals surface area contributed by atoms with Crippen LogP contribution in [0.1, 0.15) is 41.6 Å². The number of fused-ring (bicyclic) bond motifs is 1. The third kappa shape index (κ3) is 2.20. The van der Waals surface area contributed by atoms with Gasteiger partial charge in [-0.2, -0.15) is 0 Å². The van der Waals surface area contributed by atoms with Crippen molar-refractivity contribution < 1.29 is 8.78 Å². The molecule has 0 amide bonds. The zero-order valence-electron chi connectivity index (χ0n) is 10.8. The molecule has 2 radical (unpaired) electrons. The lowest BCUT2D eigenvalue weighted by Crippen LogP contribution is -2.21. The summed E-state index contributed by atoms with van der Waals surface area (Å²) < 4.78 is 27.4. The lowest BCUT2D eigenvalue weighted by molar-refractivity contribution is 0.458. The second kappa shape index (κ2) is 5.29. The monoisotopic (exact) mass is 272 g/mol. The van der Waals surface area contributed by atoms with Gasteiger partial charge in [0.15, 0.2) is 11.6 Å². The van der Waals surface area contributed by atoms with Crippen LogP contribution in [0.2, 0.25) is 0 Å². The molecule has 0 saturated heterocycles. The Morgan fingerprint density at radius 2 is 1.95 bits per heavy atom. The van der Waals surface area contributed by atoms with Crippen molar-refractivity contribution in [3.63, 3.8) is 0 Å². The molecule has 2 N–H and O–H groups in total. The van der Waals surface area contributed by atoms with Crippen molar-refractivity contribution in [1.29, 1.82) is 0 Å². The Morgan fingerprint density at radius 3 is 2.80 bits per heavy atom. The first-order chi connectivity index (χ1) is 9.68. The van der Waals surface area contributed by atoms with E-state index in [0.29, 0.717) is 18.4 Å². The number of benzene rings is 1. The molecule has 0 saturated carbocycles. The Bertz CT molecular complexity index is 628. The van der Waals surface area contributed by atoms with Gasteiger partial charge in [0.1, 0.15) is 0 Å². The highest BCUT2D eigenvalue weighted by molar-refractivity contribution is 5.36. The van der Waals surface area contributed by atoms with Gasteiger partial charge in [-0.1, -0.05) is 18.2 Å². The number of hydrogen-bond donors (Lipinski definition) is 1. The minimum Gasteiger partial charge on any atom is -0.323 e. The van der Waals surface area contributed by atoms with Crippen LogP contribution in [0.15, 0.2) is 36.5 Å². The molecule has 2 aromatic rings. The fourth-order valence-electron chi connectivity index (χ4n) is 2.73. The Morgan fingerprint density at radius 1 is 1.15 bits per heavy atom. The smallest absolute Gasteiger partial charge is 0.162 e. The maximum atomic E-state index is 14.0. The molecule has 0 fully saturated rings. The molecule has 1 aliphatic carbocycles. The van der Waals surface area contributed by atoms with E-state index in [1.165, 1.54) is 6.07 Å². The molecule has 1 aromatic heterocycles. The number of rotatable bonds is 1. The fourth-order valence-corrected chi connectivity index (χ4v) is 2.73. The number of halogens is 2. The number of aromatic nitrogens is 1. The van der Waals surface area contributed by atoms with Crippen LogP contribution in [-0.2, 0) is 0 Å². The molecule has 0 bridgehead atoms. The maximum Gasteiger partial charge on any atom is 0.162 e. The van der Waals surface area contributed by atoms with Crippen molar-refractivity contribution in [2.45, 2.75) is 24.8 Å². The van der Waals surface area contributed by atoms with Gasteiger partial charge in [-0.05, 0) is 36.1 Å². The van der Waals surface area contributed by atoms with Gasteiger partial charge < -0.3 is 5.73 Å². The molecule has 2 atom stereocenters. The molecule has 102 valence electrons. The summed E-state index contributed by atoms with van der Waals surface area (Å²) in [5, 5.41) is 0. The number of pyridine rings is 1. The predicted molar refractivity (Wildman–Crippen MR) is 71.8 cm³/mol. The molecule has 4 heteroatoms. The lowest BCUT2D eigenvalue weighted by Gasteiger charge is -2.23. The summed E-state index contributed by atoms with van der Waals surface area (Å²) >= 11 is 0. The van der Waals surface area contributed by atoms with Gasteiger partial charge in [-0.3, -0.25) is 4.98 Å². The van der Waals surface area contributed by atoms with E-state index in [9.17, 15) is 8.78 Å². The van der Waals surface area contributed by atoms with E-state index in [-0.39, 0.29) is 5.92 Å². The minimum atomic E-state index is -0.835. The molecule has 0 aliphatic heterocycles. The molecule has 0 unspecified atom stereocenters. The van der Waals surface area contributed by atoms with Crippen LogP contribution >= 0.6 is 0 Å². The summed E-state index contributed by atoms with van der Waals surface area (Å²) in [5.74, 6) is -1.91. The van der Waals surface area contributed by atoms with Gasteiger partial charge in [-0.25, -0.2) is 8.78 Å². The standard InChI is InChI=1S/C16H14F2N2/c17-13-7-1-4-10(15(13)18)11-5-2-8-14-12(16(11)19)6-3-9-20-14/h1,3-4,6-7,9,11,16H,2,5,19H2/t11-,16-/m0/s1. The van der Waals surface area contributed by atoms with Crippen LogP contribution in [0.3, 0.4) is 0 Å². The van der Waals surface area contributed by atoms with E-state index in [0.717, 1.165) is 17.3 Å². The third-order valence-electron chi connectivity index (χ3n) is 3.76. The third-order valence-corrected chi connectivity index (χ3v) is 3.76. The first kappa shape index (κ1) is 13.2. The first-order valence-electron chi connectivity index (χ1n) is 6.56. The summed E-state index contributed by atoms with van der Waals surface area (Å²) in [7, 11) is 0. The normalized spacial score (nSPS) is 22.1. The molecule has 0 spiro atoms. The van der Waals surface area contributed by atoms with E-state index in [1.807, 2.05) is 6.07 Å². The van der Waals surface area contributed by atoms with E-state index in [1.54, 1.807) is 18.3 Å². The van der Waals surface area contributed by atoms with Crippen LogP contribution in [-0.4, -0.2) is 4.98 Å². The highest BCUT2D eigenvalue weighted by Crippen LogP contribution is 2.39. The van der Waals surface area contributed by atoms with Crippen molar-refractivity contribution in [3.05, 3.63) is 71.4 Å². The molecule has 1 heterocycles. The van der Waals surface area contributed by atoms with Crippen molar-refractivity contribution >= 4 is 0 Å². The highest BCUT2D eigenvalue weighted by atomic mass is 19.2. The summed E-state index contributed by atoms with van der Waals surface area (Å²) in [6.07, 6.45) is 6.11. The summed E-state index contributed by atoms with van der Waals surface area (Å²) in [6, 6.07) is 7.49. The van der Waals surface area contributed by atoms with Crippen LogP contribution in [0, 0.1) is 18.1 Å². The Balaban J connectivity index is 2.05. The van der Waals surface area contributed by atoms with Gasteiger partial charge in [0, 0.05) is 24.6 Å².